The lowest BCUT2D eigenvalue weighted by molar-refractivity contribution is -0.138. The van der Waals surface area contributed by atoms with Crippen molar-refractivity contribution in [2.75, 3.05) is 13.2 Å². The Morgan fingerprint density at radius 3 is 2.60 bits per heavy atom. The van der Waals surface area contributed by atoms with Crippen LogP contribution in [0.3, 0.4) is 0 Å². The van der Waals surface area contributed by atoms with E-state index in [1.165, 1.54) is 32.1 Å². The highest BCUT2D eigenvalue weighted by atomic mass is 16.5. The van der Waals surface area contributed by atoms with E-state index >= 15 is 0 Å². The third kappa shape index (κ3) is 8.15. The minimum absolute atomic E-state index is 0.0399. The molecule has 1 rings (SSSR count). The predicted octanol–water partition coefficient (Wildman–Crippen LogP) is 2.34. The molecular weight excluding hydrogens is 258 g/mol. The van der Waals surface area contributed by atoms with Crippen LogP contribution in [0.15, 0.2) is 0 Å². The number of carbonyl (C=O) groups is 2. The molecule has 1 fully saturated rings. The first-order valence-corrected chi connectivity index (χ1v) is 7.68. The topological polar surface area (TPSA) is 75.6 Å². The highest BCUT2D eigenvalue weighted by molar-refractivity contribution is 5.77. The van der Waals surface area contributed by atoms with Gasteiger partial charge in [-0.2, -0.15) is 0 Å². The molecule has 1 aliphatic carbocycles. The summed E-state index contributed by atoms with van der Waals surface area (Å²) in [5.74, 6) is -1.05. The summed E-state index contributed by atoms with van der Waals surface area (Å²) >= 11 is 0. The van der Waals surface area contributed by atoms with Crippen LogP contribution in [0.4, 0.5) is 0 Å². The smallest absolute Gasteiger partial charge is 0.303 e. The molecule has 1 aliphatic rings. The fraction of sp³-hybridized carbons (Fsp3) is 0.867. The van der Waals surface area contributed by atoms with Gasteiger partial charge >= 0.3 is 5.97 Å². The quantitative estimate of drug-likeness (QED) is 0.638. The number of hydrogen-bond donors (Lipinski definition) is 2. The normalized spacial score (nSPS) is 17.6. The molecule has 0 aliphatic heterocycles. The second-order valence-electron chi connectivity index (χ2n) is 5.74. The van der Waals surface area contributed by atoms with Crippen LogP contribution >= 0.6 is 0 Å². The van der Waals surface area contributed by atoms with Crippen molar-refractivity contribution in [3.8, 4) is 0 Å². The zero-order valence-corrected chi connectivity index (χ0v) is 12.4. The maximum Gasteiger partial charge on any atom is 0.303 e. The van der Waals surface area contributed by atoms with E-state index in [2.05, 4.69) is 5.32 Å². The van der Waals surface area contributed by atoms with Gasteiger partial charge in [0.25, 0.3) is 0 Å². The third-order valence-electron chi connectivity index (χ3n) is 3.61. The van der Waals surface area contributed by atoms with E-state index in [0.717, 1.165) is 6.42 Å². The molecule has 0 aromatic rings. The standard InChI is InChI=1S/C15H27NO4/c1-12(11-15(18)19)10-14(17)16-8-5-9-20-13-6-3-2-4-7-13/h12-13H,2-11H2,1H3,(H,16,17)(H,18,19). The summed E-state index contributed by atoms with van der Waals surface area (Å²) in [6.45, 7) is 3.07. The van der Waals surface area contributed by atoms with Crippen LogP contribution in [-0.4, -0.2) is 36.2 Å². The summed E-state index contributed by atoms with van der Waals surface area (Å²) in [5.41, 5.74) is 0. The predicted molar refractivity (Wildman–Crippen MR) is 76.5 cm³/mol. The molecule has 0 aromatic heterocycles. The zero-order chi connectivity index (χ0) is 14.8. The molecule has 116 valence electrons. The molecule has 1 atom stereocenters. The fourth-order valence-corrected chi connectivity index (χ4v) is 2.54. The summed E-state index contributed by atoms with van der Waals surface area (Å²) in [6, 6.07) is 0. The summed E-state index contributed by atoms with van der Waals surface area (Å²) in [4.78, 5) is 22.0. The molecule has 2 N–H and O–H groups in total. The largest absolute Gasteiger partial charge is 0.481 e. The van der Waals surface area contributed by atoms with Crippen LogP contribution in [0.2, 0.25) is 0 Å². The first kappa shape index (κ1) is 17.0. The van der Waals surface area contributed by atoms with Gasteiger partial charge in [-0.15, -0.1) is 0 Å². The van der Waals surface area contributed by atoms with E-state index in [-0.39, 0.29) is 24.7 Å². The lowest BCUT2D eigenvalue weighted by Crippen LogP contribution is -2.27. The Bertz CT molecular complexity index is 300. The van der Waals surface area contributed by atoms with Gasteiger partial charge in [0.1, 0.15) is 0 Å². The minimum Gasteiger partial charge on any atom is -0.481 e. The number of rotatable bonds is 9. The zero-order valence-electron chi connectivity index (χ0n) is 12.4. The number of carboxylic acids is 1. The van der Waals surface area contributed by atoms with Gasteiger partial charge in [-0.1, -0.05) is 26.2 Å². The Balaban J connectivity index is 1.97. The Hall–Kier alpha value is -1.10. The molecule has 0 saturated heterocycles. The van der Waals surface area contributed by atoms with Gasteiger partial charge in [0.15, 0.2) is 0 Å². The molecule has 0 heterocycles. The molecule has 0 spiro atoms. The van der Waals surface area contributed by atoms with Crippen molar-refractivity contribution in [3.63, 3.8) is 0 Å². The van der Waals surface area contributed by atoms with E-state index in [1.807, 2.05) is 0 Å². The number of carbonyl (C=O) groups excluding carboxylic acids is 1. The number of amides is 1. The van der Waals surface area contributed by atoms with Crippen LogP contribution in [-0.2, 0) is 14.3 Å². The Morgan fingerprint density at radius 1 is 1.25 bits per heavy atom. The van der Waals surface area contributed by atoms with Crippen molar-refractivity contribution in [1.82, 2.24) is 5.32 Å². The molecule has 0 radical (unpaired) electrons. The number of carboxylic acid groups (broad SMARTS) is 1. The van der Waals surface area contributed by atoms with Crippen LogP contribution < -0.4 is 5.32 Å². The van der Waals surface area contributed by atoms with Crippen molar-refractivity contribution in [2.45, 2.75) is 64.4 Å². The van der Waals surface area contributed by atoms with Crippen molar-refractivity contribution in [1.29, 1.82) is 0 Å². The first-order valence-electron chi connectivity index (χ1n) is 7.68. The molecule has 5 heteroatoms. The van der Waals surface area contributed by atoms with Gasteiger partial charge in [-0.3, -0.25) is 9.59 Å². The van der Waals surface area contributed by atoms with E-state index in [0.29, 0.717) is 19.3 Å². The van der Waals surface area contributed by atoms with Gasteiger partial charge in [0, 0.05) is 26.0 Å². The highest BCUT2D eigenvalue weighted by Crippen LogP contribution is 2.20. The monoisotopic (exact) mass is 285 g/mol. The third-order valence-corrected chi connectivity index (χ3v) is 3.61. The molecule has 20 heavy (non-hydrogen) atoms. The minimum atomic E-state index is -0.855. The summed E-state index contributed by atoms with van der Waals surface area (Å²) in [6.07, 6.45) is 7.73. The number of aliphatic carboxylic acids is 1. The maximum atomic E-state index is 11.6. The van der Waals surface area contributed by atoms with Crippen molar-refractivity contribution >= 4 is 11.9 Å². The second-order valence-corrected chi connectivity index (χ2v) is 5.74. The SMILES string of the molecule is CC(CC(=O)O)CC(=O)NCCCOC1CCCCC1. The number of hydrogen-bond acceptors (Lipinski definition) is 3. The van der Waals surface area contributed by atoms with E-state index in [1.54, 1.807) is 6.92 Å². The Labute approximate surface area is 121 Å². The van der Waals surface area contributed by atoms with Gasteiger partial charge in [0.05, 0.1) is 6.10 Å². The molecule has 1 amide bonds. The van der Waals surface area contributed by atoms with Crippen LogP contribution in [0.25, 0.3) is 0 Å². The van der Waals surface area contributed by atoms with E-state index in [9.17, 15) is 9.59 Å². The highest BCUT2D eigenvalue weighted by Gasteiger charge is 2.14. The Kier molecular flexibility index (Phi) is 8.26. The van der Waals surface area contributed by atoms with Crippen molar-refractivity contribution < 1.29 is 19.4 Å². The summed E-state index contributed by atoms with van der Waals surface area (Å²) in [5, 5.41) is 11.4. The van der Waals surface area contributed by atoms with Gasteiger partial charge in [-0.05, 0) is 25.2 Å². The molecule has 0 aromatic carbocycles. The van der Waals surface area contributed by atoms with Crippen LogP contribution in [0, 0.1) is 5.92 Å². The second kappa shape index (κ2) is 9.75. The lowest BCUT2D eigenvalue weighted by Gasteiger charge is -2.21. The summed E-state index contributed by atoms with van der Waals surface area (Å²) < 4.78 is 5.77. The Morgan fingerprint density at radius 2 is 1.95 bits per heavy atom. The average Bonchev–Trinajstić information content (AvgIpc) is 2.38. The fourth-order valence-electron chi connectivity index (χ4n) is 2.54. The summed E-state index contributed by atoms with van der Waals surface area (Å²) in [7, 11) is 0. The van der Waals surface area contributed by atoms with E-state index in [4.69, 9.17) is 9.84 Å². The first-order chi connectivity index (χ1) is 9.58. The maximum absolute atomic E-state index is 11.6. The van der Waals surface area contributed by atoms with Crippen LogP contribution in [0.5, 0.6) is 0 Å². The molecule has 0 bridgehead atoms. The van der Waals surface area contributed by atoms with Gasteiger partial charge < -0.3 is 15.2 Å². The molecule has 1 unspecified atom stereocenters. The average molecular weight is 285 g/mol. The molecular formula is C15H27NO4. The number of nitrogens with one attached hydrogen (secondary N) is 1. The van der Waals surface area contributed by atoms with Gasteiger partial charge in [0.2, 0.25) is 5.91 Å². The van der Waals surface area contributed by atoms with E-state index < -0.39 is 5.97 Å². The molecule has 5 nitrogen and oxygen atoms in total. The lowest BCUT2D eigenvalue weighted by atomic mass is 9.98. The van der Waals surface area contributed by atoms with Crippen LogP contribution in [0.1, 0.15) is 58.3 Å². The number of ether oxygens (including phenoxy) is 1. The van der Waals surface area contributed by atoms with Gasteiger partial charge in [-0.25, -0.2) is 0 Å². The van der Waals surface area contributed by atoms with Crippen molar-refractivity contribution in [2.24, 2.45) is 5.92 Å². The molecule has 1 saturated carbocycles. The van der Waals surface area contributed by atoms with Crippen molar-refractivity contribution in [3.05, 3.63) is 0 Å².